The lowest BCUT2D eigenvalue weighted by Gasteiger charge is -2.22. The van der Waals surface area contributed by atoms with Crippen LogP contribution in [0.2, 0.25) is 0 Å². The molecular weight excluding hydrogens is 384 g/mol. The van der Waals surface area contributed by atoms with Crippen molar-refractivity contribution in [3.05, 3.63) is 60.4 Å². The van der Waals surface area contributed by atoms with E-state index in [2.05, 4.69) is 15.5 Å². The number of rotatable bonds is 3. The van der Waals surface area contributed by atoms with E-state index in [1.54, 1.807) is 11.0 Å². The number of hydrogen-bond donors (Lipinski definition) is 1. The Morgan fingerprint density at radius 3 is 2.80 bits per heavy atom. The van der Waals surface area contributed by atoms with Gasteiger partial charge in [0.25, 0.3) is 5.91 Å². The van der Waals surface area contributed by atoms with Gasteiger partial charge in [0.1, 0.15) is 6.26 Å². The maximum atomic E-state index is 12.7. The number of nitrogens with one attached hydrogen (secondary N) is 1. The lowest BCUT2D eigenvalue weighted by molar-refractivity contribution is -0.121. The minimum Gasteiger partial charge on any atom is -0.472 e. The largest absolute Gasteiger partial charge is 0.472 e. The van der Waals surface area contributed by atoms with Crippen LogP contribution in [-0.2, 0) is 4.79 Å². The minimum absolute atomic E-state index is 0.0132. The molecule has 1 aliphatic heterocycles. The summed E-state index contributed by atoms with van der Waals surface area (Å²) in [4.78, 5) is 31.2. The van der Waals surface area contributed by atoms with E-state index in [4.69, 9.17) is 8.94 Å². The fourth-order valence-electron chi connectivity index (χ4n) is 3.62. The van der Waals surface area contributed by atoms with Crippen LogP contribution >= 0.6 is 0 Å². The van der Waals surface area contributed by atoms with Crippen LogP contribution in [0.3, 0.4) is 0 Å². The summed E-state index contributed by atoms with van der Waals surface area (Å²) < 4.78 is 10.6. The highest BCUT2D eigenvalue weighted by atomic mass is 16.5. The molecule has 1 saturated heterocycles. The molecular formula is C22H24N4O4. The molecule has 8 nitrogen and oxygen atoms in total. The quantitative estimate of drug-likeness (QED) is 0.714. The lowest BCUT2D eigenvalue weighted by Crippen LogP contribution is -2.35. The van der Waals surface area contributed by atoms with Gasteiger partial charge in [-0.2, -0.15) is 4.98 Å². The van der Waals surface area contributed by atoms with Crippen molar-refractivity contribution in [2.24, 2.45) is 0 Å². The first-order chi connectivity index (χ1) is 14.7. The third kappa shape index (κ3) is 4.76. The fraction of sp³-hybridized carbons (Fsp3) is 0.364. The van der Waals surface area contributed by atoms with E-state index >= 15 is 0 Å². The molecule has 8 heteroatoms. The van der Waals surface area contributed by atoms with E-state index < -0.39 is 0 Å². The summed E-state index contributed by atoms with van der Waals surface area (Å²) in [5, 5.41) is 7.05. The zero-order valence-corrected chi connectivity index (χ0v) is 16.6. The number of aromatic nitrogens is 2. The second-order valence-corrected chi connectivity index (χ2v) is 7.35. The van der Waals surface area contributed by atoms with Gasteiger partial charge in [-0.25, -0.2) is 0 Å². The molecule has 1 aromatic carbocycles. The lowest BCUT2D eigenvalue weighted by atomic mass is 9.99. The van der Waals surface area contributed by atoms with Crippen LogP contribution in [0.15, 0.2) is 57.9 Å². The molecule has 1 fully saturated rings. The summed E-state index contributed by atoms with van der Waals surface area (Å²) in [6.45, 7) is 1.45. The molecule has 3 aromatic rings. The van der Waals surface area contributed by atoms with Crippen molar-refractivity contribution in [1.29, 1.82) is 0 Å². The van der Waals surface area contributed by atoms with Gasteiger partial charge in [-0.05, 0) is 25.3 Å². The molecule has 0 bridgehead atoms. The first-order valence-corrected chi connectivity index (χ1v) is 10.2. The van der Waals surface area contributed by atoms with Crippen LogP contribution in [0.4, 0.5) is 0 Å². The van der Waals surface area contributed by atoms with Crippen molar-refractivity contribution in [3.63, 3.8) is 0 Å². The van der Waals surface area contributed by atoms with Gasteiger partial charge < -0.3 is 19.2 Å². The maximum Gasteiger partial charge on any atom is 0.257 e. The Labute approximate surface area is 174 Å². The van der Waals surface area contributed by atoms with Crippen LogP contribution < -0.4 is 5.32 Å². The normalized spacial score (nSPS) is 18.5. The number of amides is 2. The average Bonchev–Trinajstić information content (AvgIpc) is 3.46. The summed E-state index contributed by atoms with van der Waals surface area (Å²) >= 11 is 0. The van der Waals surface area contributed by atoms with Crippen LogP contribution in [0, 0.1) is 0 Å². The Morgan fingerprint density at radius 1 is 1.13 bits per heavy atom. The van der Waals surface area contributed by atoms with E-state index in [-0.39, 0.29) is 24.2 Å². The number of carbonyl (C=O) groups is 2. The van der Waals surface area contributed by atoms with Crippen LogP contribution in [0.25, 0.3) is 11.4 Å². The summed E-state index contributed by atoms with van der Waals surface area (Å²) in [6.07, 6.45) is 5.43. The third-order valence-corrected chi connectivity index (χ3v) is 5.28. The zero-order chi connectivity index (χ0) is 20.8. The molecule has 0 radical (unpaired) electrons. The molecule has 0 spiro atoms. The number of furan rings is 1. The van der Waals surface area contributed by atoms with Crippen molar-refractivity contribution in [3.8, 4) is 11.4 Å². The summed E-state index contributed by atoms with van der Waals surface area (Å²) in [5.74, 6) is 0.933. The second kappa shape index (κ2) is 9.39. The average molecular weight is 408 g/mol. The van der Waals surface area contributed by atoms with Crippen LogP contribution in [-0.4, -0.2) is 46.5 Å². The Hall–Kier alpha value is -3.42. The highest BCUT2D eigenvalue weighted by Crippen LogP contribution is 2.26. The standard InChI is InChI=1S/C22H24N4O4/c27-19-9-13-26(22(28)18-10-14-29-15-18)12-4-7-17(8-11-23-19)21-24-20(25-30-21)16-5-2-1-3-6-16/h1-3,5-6,10,14-15,17H,4,7-9,11-13H2,(H,23,27). The van der Waals surface area contributed by atoms with Crippen molar-refractivity contribution in [2.45, 2.75) is 31.6 Å². The van der Waals surface area contributed by atoms with E-state index in [1.807, 2.05) is 30.3 Å². The van der Waals surface area contributed by atoms with E-state index in [0.29, 0.717) is 43.3 Å². The molecule has 156 valence electrons. The number of hydrogen-bond acceptors (Lipinski definition) is 6. The number of carbonyl (C=O) groups excluding carboxylic acids is 2. The van der Waals surface area contributed by atoms with Gasteiger partial charge in [-0.3, -0.25) is 9.59 Å². The van der Waals surface area contributed by atoms with Crippen molar-refractivity contribution >= 4 is 11.8 Å². The van der Waals surface area contributed by atoms with Crippen molar-refractivity contribution in [1.82, 2.24) is 20.4 Å². The summed E-state index contributed by atoms with van der Waals surface area (Å²) in [6, 6.07) is 11.3. The predicted octanol–water partition coefficient (Wildman–Crippen LogP) is 3.25. The number of benzene rings is 1. The number of nitrogens with zero attached hydrogens (tertiary/aromatic N) is 3. The molecule has 2 aromatic heterocycles. The van der Waals surface area contributed by atoms with Crippen molar-refractivity contribution in [2.75, 3.05) is 19.6 Å². The molecule has 1 aliphatic rings. The van der Waals surface area contributed by atoms with Crippen LogP contribution in [0.1, 0.15) is 47.8 Å². The monoisotopic (exact) mass is 408 g/mol. The van der Waals surface area contributed by atoms with E-state index in [9.17, 15) is 9.59 Å². The first-order valence-electron chi connectivity index (χ1n) is 10.2. The Bertz CT molecular complexity index is 968. The van der Waals surface area contributed by atoms with Gasteiger partial charge in [-0.1, -0.05) is 35.5 Å². The molecule has 30 heavy (non-hydrogen) atoms. The minimum atomic E-state index is -0.128. The zero-order valence-electron chi connectivity index (χ0n) is 16.6. The molecule has 0 saturated carbocycles. The molecule has 1 unspecified atom stereocenters. The van der Waals surface area contributed by atoms with Gasteiger partial charge in [0.15, 0.2) is 0 Å². The van der Waals surface area contributed by atoms with Gasteiger partial charge in [0.05, 0.1) is 11.8 Å². The second-order valence-electron chi connectivity index (χ2n) is 7.35. The predicted molar refractivity (Wildman–Crippen MR) is 109 cm³/mol. The SMILES string of the molecule is O=C1CCN(C(=O)c2ccoc2)CCCC(c2nc(-c3ccccc3)no2)CCN1. The highest BCUT2D eigenvalue weighted by molar-refractivity contribution is 5.94. The molecule has 1 atom stereocenters. The highest BCUT2D eigenvalue weighted by Gasteiger charge is 2.23. The first kappa shape index (κ1) is 19.9. The molecule has 2 amide bonds. The molecule has 4 rings (SSSR count). The fourth-order valence-corrected chi connectivity index (χ4v) is 3.62. The van der Waals surface area contributed by atoms with E-state index in [0.717, 1.165) is 18.4 Å². The molecule has 3 heterocycles. The van der Waals surface area contributed by atoms with Crippen LogP contribution in [0.5, 0.6) is 0 Å². The van der Waals surface area contributed by atoms with Gasteiger partial charge >= 0.3 is 0 Å². The Kier molecular flexibility index (Phi) is 6.22. The van der Waals surface area contributed by atoms with Gasteiger partial charge in [-0.15, -0.1) is 0 Å². The topological polar surface area (TPSA) is 101 Å². The smallest absolute Gasteiger partial charge is 0.257 e. The van der Waals surface area contributed by atoms with Gasteiger partial charge in [0, 0.05) is 37.5 Å². The summed E-state index contributed by atoms with van der Waals surface area (Å²) in [5.41, 5.74) is 1.39. The third-order valence-electron chi connectivity index (χ3n) is 5.28. The summed E-state index contributed by atoms with van der Waals surface area (Å²) in [7, 11) is 0. The van der Waals surface area contributed by atoms with Gasteiger partial charge in [0.2, 0.25) is 17.6 Å². The Balaban J connectivity index is 1.47. The Morgan fingerprint density at radius 2 is 2.00 bits per heavy atom. The molecule has 1 N–H and O–H groups in total. The van der Waals surface area contributed by atoms with E-state index in [1.165, 1.54) is 12.5 Å². The molecule has 0 aliphatic carbocycles. The maximum absolute atomic E-state index is 12.7. The van der Waals surface area contributed by atoms with Crippen molar-refractivity contribution < 1.29 is 18.5 Å².